The zero-order chi connectivity index (χ0) is 11.8. The van der Waals surface area contributed by atoms with Crippen LogP contribution in [-0.4, -0.2) is 23.4 Å². The first-order valence-electron chi connectivity index (χ1n) is 4.96. The summed E-state index contributed by atoms with van der Waals surface area (Å²) in [4.78, 5) is 15.5. The number of nitrogens with one attached hydrogen (secondary N) is 2. The van der Waals surface area contributed by atoms with E-state index in [1.54, 1.807) is 18.2 Å². The van der Waals surface area contributed by atoms with Crippen molar-refractivity contribution in [1.29, 1.82) is 0 Å². The second-order valence-corrected chi connectivity index (χ2v) is 4.31. The van der Waals surface area contributed by atoms with Crippen molar-refractivity contribution in [2.75, 3.05) is 17.7 Å². The topological polar surface area (TPSA) is 54.0 Å². The Morgan fingerprint density at radius 3 is 2.94 bits per heavy atom. The van der Waals surface area contributed by atoms with Crippen LogP contribution in [-0.2, 0) is 0 Å². The largest absolute Gasteiger partial charge is 0.338 e. The van der Waals surface area contributed by atoms with Crippen molar-refractivity contribution in [2.24, 2.45) is 0 Å². The number of carbonyl (C=O) groups is 1. The van der Waals surface area contributed by atoms with E-state index in [2.05, 4.69) is 31.5 Å². The predicted molar refractivity (Wildman–Crippen MR) is 68.9 cm³/mol. The Labute approximate surface area is 108 Å². The number of anilines is 1. The molecule has 0 saturated carbocycles. The number of unbranched alkanes of at least 4 members (excludes halogenated alkanes) is 1. The lowest BCUT2D eigenvalue weighted by atomic mass is 10.3. The molecule has 4 nitrogen and oxygen atoms in total. The molecule has 0 fully saturated rings. The molecule has 0 atom stereocenters. The molecule has 1 heterocycles. The summed E-state index contributed by atoms with van der Waals surface area (Å²) in [5, 5.41) is 5.36. The van der Waals surface area contributed by atoms with E-state index in [0.717, 1.165) is 12.8 Å². The average Bonchev–Trinajstić information content (AvgIpc) is 2.24. The number of aromatic nitrogens is 1. The van der Waals surface area contributed by atoms with Gasteiger partial charge in [0.05, 0.1) is 0 Å². The van der Waals surface area contributed by atoms with E-state index in [1.165, 1.54) is 0 Å². The number of hydrogen-bond donors (Lipinski definition) is 2. The average molecular weight is 307 g/mol. The molecular formula is C10H13BrClN3O. The van der Waals surface area contributed by atoms with Crippen molar-refractivity contribution in [2.45, 2.75) is 12.8 Å². The standard InChI is InChI=1S/C10H13BrClN3O/c11-8-4-3-5-9(14-8)15-10(16)13-7-2-1-6-12/h3-5H,1-2,6-7H2,(H2,13,14,15,16). The molecule has 0 saturated heterocycles. The van der Waals surface area contributed by atoms with Gasteiger partial charge < -0.3 is 5.32 Å². The Morgan fingerprint density at radius 2 is 2.25 bits per heavy atom. The maximum Gasteiger partial charge on any atom is 0.320 e. The number of urea groups is 1. The molecule has 2 N–H and O–H groups in total. The van der Waals surface area contributed by atoms with Crippen LogP contribution in [0, 0.1) is 0 Å². The van der Waals surface area contributed by atoms with Crippen LogP contribution in [0.4, 0.5) is 10.6 Å². The van der Waals surface area contributed by atoms with Crippen LogP contribution in [0.15, 0.2) is 22.8 Å². The van der Waals surface area contributed by atoms with Crippen molar-refractivity contribution < 1.29 is 4.79 Å². The van der Waals surface area contributed by atoms with Crippen molar-refractivity contribution in [3.05, 3.63) is 22.8 Å². The molecule has 0 bridgehead atoms. The van der Waals surface area contributed by atoms with Crippen LogP contribution in [0.2, 0.25) is 0 Å². The van der Waals surface area contributed by atoms with Gasteiger partial charge in [-0.3, -0.25) is 5.32 Å². The first-order valence-corrected chi connectivity index (χ1v) is 6.28. The van der Waals surface area contributed by atoms with E-state index in [1.807, 2.05) is 0 Å². The van der Waals surface area contributed by atoms with Crippen molar-refractivity contribution in [3.63, 3.8) is 0 Å². The highest BCUT2D eigenvalue weighted by molar-refractivity contribution is 9.10. The van der Waals surface area contributed by atoms with Gasteiger partial charge in [0.15, 0.2) is 0 Å². The van der Waals surface area contributed by atoms with Gasteiger partial charge in [0, 0.05) is 12.4 Å². The fraction of sp³-hybridized carbons (Fsp3) is 0.400. The molecule has 16 heavy (non-hydrogen) atoms. The van der Waals surface area contributed by atoms with Crippen molar-refractivity contribution in [3.8, 4) is 0 Å². The van der Waals surface area contributed by atoms with Crippen LogP contribution < -0.4 is 10.6 Å². The third kappa shape index (κ3) is 5.32. The van der Waals surface area contributed by atoms with Gasteiger partial charge in [-0.2, -0.15) is 0 Å². The molecule has 2 amide bonds. The summed E-state index contributed by atoms with van der Waals surface area (Å²) in [5.41, 5.74) is 0. The summed E-state index contributed by atoms with van der Waals surface area (Å²) in [6.45, 7) is 0.618. The van der Waals surface area contributed by atoms with Crippen molar-refractivity contribution in [1.82, 2.24) is 10.3 Å². The molecule has 88 valence electrons. The van der Waals surface area contributed by atoms with Gasteiger partial charge in [-0.1, -0.05) is 6.07 Å². The normalized spacial score (nSPS) is 9.88. The minimum atomic E-state index is -0.250. The highest BCUT2D eigenvalue weighted by Gasteiger charge is 2.01. The number of hydrogen-bond acceptors (Lipinski definition) is 2. The van der Waals surface area contributed by atoms with Crippen LogP contribution in [0.5, 0.6) is 0 Å². The summed E-state index contributed by atoms with van der Waals surface area (Å²) in [6, 6.07) is 5.08. The second-order valence-electron chi connectivity index (χ2n) is 3.12. The number of rotatable bonds is 5. The fourth-order valence-corrected chi connectivity index (χ4v) is 1.59. The summed E-state index contributed by atoms with van der Waals surface area (Å²) in [7, 11) is 0. The Morgan fingerprint density at radius 1 is 1.44 bits per heavy atom. The number of carbonyl (C=O) groups excluding carboxylic acids is 1. The molecule has 0 aromatic carbocycles. The molecule has 0 aliphatic carbocycles. The lowest BCUT2D eigenvalue weighted by Gasteiger charge is -2.06. The molecule has 0 radical (unpaired) electrons. The van der Waals surface area contributed by atoms with Crippen LogP contribution in [0.25, 0.3) is 0 Å². The third-order valence-electron chi connectivity index (χ3n) is 1.80. The second kappa shape index (κ2) is 7.46. The molecule has 1 aromatic heterocycles. The number of alkyl halides is 1. The highest BCUT2D eigenvalue weighted by atomic mass is 79.9. The van der Waals surface area contributed by atoms with Crippen LogP contribution >= 0.6 is 27.5 Å². The minimum absolute atomic E-state index is 0.250. The summed E-state index contributed by atoms with van der Waals surface area (Å²) in [5.74, 6) is 1.14. The van der Waals surface area contributed by atoms with E-state index in [-0.39, 0.29) is 6.03 Å². The van der Waals surface area contributed by atoms with E-state index in [0.29, 0.717) is 22.8 Å². The van der Waals surface area contributed by atoms with Gasteiger partial charge in [0.2, 0.25) is 0 Å². The van der Waals surface area contributed by atoms with Gasteiger partial charge in [-0.25, -0.2) is 9.78 Å². The Balaban J connectivity index is 2.29. The molecule has 0 aliphatic rings. The van der Waals surface area contributed by atoms with Gasteiger partial charge in [-0.05, 0) is 40.9 Å². The number of pyridine rings is 1. The molecule has 0 spiro atoms. The SMILES string of the molecule is O=C(NCCCCCl)Nc1cccc(Br)n1. The molecule has 6 heteroatoms. The fourth-order valence-electron chi connectivity index (χ4n) is 1.06. The summed E-state index contributed by atoms with van der Waals surface area (Å²) >= 11 is 8.75. The smallest absolute Gasteiger partial charge is 0.320 e. The van der Waals surface area contributed by atoms with Crippen LogP contribution in [0.1, 0.15) is 12.8 Å². The van der Waals surface area contributed by atoms with E-state index < -0.39 is 0 Å². The number of nitrogens with zero attached hydrogens (tertiary/aromatic N) is 1. The predicted octanol–water partition coefficient (Wildman–Crippen LogP) is 2.98. The van der Waals surface area contributed by atoms with Gasteiger partial charge in [0.1, 0.15) is 10.4 Å². The molecule has 0 aliphatic heterocycles. The van der Waals surface area contributed by atoms with Gasteiger partial charge >= 0.3 is 6.03 Å². The maximum atomic E-state index is 11.4. The van der Waals surface area contributed by atoms with E-state index in [4.69, 9.17) is 11.6 Å². The summed E-state index contributed by atoms with van der Waals surface area (Å²) < 4.78 is 0.687. The zero-order valence-corrected chi connectivity index (χ0v) is 11.0. The maximum absolute atomic E-state index is 11.4. The number of halogens is 2. The molecule has 0 unspecified atom stereocenters. The van der Waals surface area contributed by atoms with Gasteiger partial charge in [-0.15, -0.1) is 11.6 Å². The van der Waals surface area contributed by atoms with Gasteiger partial charge in [0.25, 0.3) is 0 Å². The Hall–Kier alpha value is -0.810. The Kier molecular flexibility index (Phi) is 6.18. The third-order valence-corrected chi connectivity index (χ3v) is 2.51. The molecule has 1 aromatic rings. The summed E-state index contributed by atoms with van der Waals surface area (Å²) in [6.07, 6.45) is 1.78. The quantitative estimate of drug-likeness (QED) is 0.499. The lowest BCUT2D eigenvalue weighted by Crippen LogP contribution is -2.29. The van der Waals surface area contributed by atoms with E-state index in [9.17, 15) is 4.79 Å². The highest BCUT2D eigenvalue weighted by Crippen LogP contribution is 2.09. The first kappa shape index (κ1) is 13.3. The number of amides is 2. The van der Waals surface area contributed by atoms with E-state index >= 15 is 0 Å². The zero-order valence-electron chi connectivity index (χ0n) is 8.67. The first-order chi connectivity index (χ1) is 7.72. The van der Waals surface area contributed by atoms with Crippen LogP contribution in [0.3, 0.4) is 0 Å². The Bertz CT molecular complexity index is 349. The monoisotopic (exact) mass is 305 g/mol. The molecule has 1 rings (SSSR count). The molecular weight excluding hydrogens is 293 g/mol. The minimum Gasteiger partial charge on any atom is -0.338 e. The lowest BCUT2D eigenvalue weighted by molar-refractivity contribution is 0.252. The van der Waals surface area contributed by atoms with Crippen molar-refractivity contribution >= 4 is 39.4 Å².